The lowest BCUT2D eigenvalue weighted by atomic mass is 10.0. The Morgan fingerprint density at radius 1 is 1.54 bits per heavy atom. The van der Waals surface area contributed by atoms with E-state index in [1.807, 2.05) is 5.38 Å². The van der Waals surface area contributed by atoms with Gasteiger partial charge in [0.2, 0.25) is 0 Å². The van der Waals surface area contributed by atoms with Crippen molar-refractivity contribution in [3.8, 4) is 0 Å². The first-order chi connectivity index (χ1) is 6.15. The smallest absolute Gasteiger partial charge is 0.173 e. The topological polar surface area (TPSA) is 17.1 Å². The fourth-order valence-corrected chi connectivity index (χ4v) is 2.27. The number of aryl methyl sites for hydroxylation is 1. The van der Waals surface area contributed by atoms with Crippen molar-refractivity contribution in [3.63, 3.8) is 0 Å². The quantitative estimate of drug-likeness (QED) is 0.673. The van der Waals surface area contributed by atoms with Crippen LogP contribution in [-0.2, 0) is 6.42 Å². The number of carbonyl (C=O) groups excluding carboxylic acids is 1. The third-order valence-corrected chi connectivity index (χ3v) is 2.97. The van der Waals surface area contributed by atoms with Gasteiger partial charge in [-0.05, 0) is 29.3 Å². The molecule has 0 bridgehead atoms. The van der Waals surface area contributed by atoms with Crippen LogP contribution < -0.4 is 0 Å². The van der Waals surface area contributed by atoms with E-state index in [2.05, 4.69) is 26.8 Å². The summed E-state index contributed by atoms with van der Waals surface area (Å²) >= 11 is 1.57. The second kappa shape index (κ2) is 4.56. The van der Waals surface area contributed by atoms with Gasteiger partial charge in [-0.1, -0.05) is 20.8 Å². The van der Waals surface area contributed by atoms with Gasteiger partial charge in [0.25, 0.3) is 0 Å². The number of ketones is 1. The number of rotatable bonds is 4. The zero-order chi connectivity index (χ0) is 9.84. The number of hydrogen-bond acceptors (Lipinski definition) is 2. The van der Waals surface area contributed by atoms with Crippen LogP contribution in [0, 0.1) is 5.92 Å². The summed E-state index contributed by atoms with van der Waals surface area (Å²) < 4.78 is 0. The summed E-state index contributed by atoms with van der Waals surface area (Å²) in [5.41, 5.74) is 1.20. The Labute approximate surface area is 83.8 Å². The summed E-state index contributed by atoms with van der Waals surface area (Å²) in [5, 5.41) is 2.01. The number of hydrogen-bond donors (Lipinski definition) is 0. The largest absolute Gasteiger partial charge is 0.293 e. The number of carbonyl (C=O) groups is 1. The minimum Gasteiger partial charge on any atom is -0.293 e. The highest BCUT2D eigenvalue weighted by Crippen LogP contribution is 2.20. The average Bonchev–Trinajstić information content (AvgIpc) is 2.49. The summed E-state index contributed by atoms with van der Waals surface area (Å²) in [4.78, 5) is 12.7. The van der Waals surface area contributed by atoms with Gasteiger partial charge in [0.05, 0.1) is 4.88 Å². The predicted octanol–water partition coefficient (Wildman–Crippen LogP) is 3.54. The molecule has 0 aromatic carbocycles. The highest BCUT2D eigenvalue weighted by atomic mass is 32.1. The standard InChI is InChI=1S/C11H16OS/c1-4-9-5-6-13-11(9)10(12)7-8(2)3/h5-6,8H,4,7H2,1-3H3. The van der Waals surface area contributed by atoms with Crippen molar-refractivity contribution in [2.24, 2.45) is 5.92 Å². The lowest BCUT2D eigenvalue weighted by Gasteiger charge is -2.03. The van der Waals surface area contributed by atoms with Crippen LogP contribution in [0.15, 0.2) is 11.4 Å². The molecule has 1 rings (SSSR count). The lowest BCUT2D eigenvalue weighted by Crippen LogP contribution is -2.03. The third-order valence-electron chi connectivity index (χ3n) is 1.97. The van der Waals surface area contributed by atoms with E-state index in [4.69, 9.17) is 0 Å². The Morgan fingerprint density at radius 2 is 2.23 bits per heavy atom. The first-order valence-electron chi connectivity index (χ1n) is 4.74. The Hall–Kier alpha value is -0.630. The Morgan fingerprint density at radius 3 is 2.77 bits per heavy atom. The van der Waals surface area contributed by atoms with Gasteiger partial charge in [-0.25, -0.2) is 0 Å². The zero-order valence-corrected chi connectivity index (χ0v) is 9.28. The summed E-state index contributed by atoms with van der Waals surface area (Å²) in [7, 11) is 0. The highest BCUT2D eigenvalue weighted by molar-refractivity contribution is 7.12. The predicted molar refractivity (Wildman–Crippen MR) is 57.5 cm³/mol. The molecule has 13 heavy (non-hydrogen) atoms. The molecule has 0 fully saturated rings. The maximum Gasteiger partial charge on any atom is 0.173 e. The van der Waals surface area contributed by atoms with E-state index < -0.39 is 0 Å². The molecule has 0 saturated heterocycles. The fraction of sp³-hybridized carbons (Fsp3) is 0.545. The van der Waals surface area contributed by atoms with Crippen molar-refractivity contribution in [1.29, 1.82) is 0 Å². The summed E-state index contributed by atoms with van der Waals surface area (Å²) in [6.45, 7) is 6.25. The molecule has 0 aliphatic rings. The van der Waals surface area contributed by atoms with Crippen molar-refractivity contribution in [2.45, 2.75) is 33.6 Å². The number of thiophene rings is 1. The highest BCUT2D eigenvalue weighted by Gasteiger charge is 2.12. The Kier molecular flexibility index (Phi) is 3.67. The molecule has 0 atom stereocenters. The molecule has 72 valence electrons. The molecule has 0 aliphatic heterocycles. The van der Waals surface area contributed by atoms with Gasteiger partial charge in [0.15, 0.2) is 5.78 Å². The number of Topliss-reactive ketones (excluding diaryl/α,β-unsaturated/α-hetero) is 1. The minimum absolute atomic E-state index is 0.307. The van der Waals surface area contributed by atoms with Gasteiger partial charge in [0.1, 0.15) is 0 Å². The lowest BCUT2D eigenvalue weighted by molar-refractivity contribution is 0.0971. The normalized spacial score (nSPS) is 10.8. The summed E-state index contributed by atoms with van der Waals surface area (Å²) in [6, 6.07) is 2.05. The molecule has 0 aliphatic carbocycles. The van der Waals surface area contributed by atoms with Crippen LogP contribution in [0.2, 0.25) is 0 Å². The molecule has 1 aromatic rings. The van der Waals surface area contributed by atoms with Gasteiger partial charge in [-0.2, -0.15) is 0 Å². The van der Waals surface area contributed by atoms with E-state index in [0.29, 0.717) is 18.1 Å². The summed E-state index contributed by atoms with van der Waals surface area (Å²) in [6.07, 6.45) is 1.64. The molecule has 0 unspecified atom stereocenters. The van der Waals surface area contributed by atoms with Gasteiger partial charge >= 0.3 is 0 Å². The van der Waals surface area contributed by atoms with Gasteiger partial charge in [-0.15, -0.1) is 11.3 Å². The van der Waals surface area contributed by atoms with Gasteiger partial charge in [-0.3, -0.25) is 4.79 Å². The SMILES string of the molecule is CCc1ccsc1C(=O)CC(C)C. The maximum atomic E-state index is 11.7. The molecule has 0 saturated carbocycles. The van der Waals surface area contributed by atoms with E-state index >= 15 is 0 Å². The first kappa shape index (κ1) is 10.5. The molecular formula is C11H16OS. The van der Waals surface area contributed by atoms with Crippen LogP contribution >= 0.6 is 11.3 Å². The van der Waals surface area contributed by atoms with E-state index in [9.17, 15) is 4.79 Å². The van der Waals surface area contributed by atoms with Crippen LogP contribution in [-0.4, -0.2) is 5.78 Å². The van der Waals surface area contributed by atoms with E-state index in [1.165, 1.54) is 5.56 Å². The molecule has 1 heterocycles. The Balaban J connectivity index is 2.76. The van der Waals surface area contributed by atoms with Crippen molar-refractivity contribution < 1.29 is 4.79 Å². The monoisotopic (exact) mass is 196 g/mol. The van der Waals surface area contributed by atoms with Crippen molar-refractivity contribution >= 4 is 17.1 Å². The second-order valence-corrected chi connectivity index (χ2v) is 4.57. The zero-order valence-electron chi connectivity index (χ0n) is 8.46. The minimum atomic E-state index is 0.307. The molecule has 0 spiro atoms. The molecule has 2 heteroatoms. The van der Waals surface area contributed by atoms with Crippen LogP contribution in [0.5, 0.6) is 0 Å². The van der Waals surface area contributed by atoms with Crippen molar-refractivity contribution in [3.05, 3.63) is 21.9 Å². The van der Waals surface area contributed by atoms with Crippen LogP contribution in [0.4, 0.5) is 0 Å². The first-order valence-corrected chi connectivity index (χ1v) is 5.62. The van der Waals surface area contributed by atoms with E-state index in [1.54, 1.807) is 11.3 Å². The van der Waals surface area contributed by atoms with Crippen molar-refractivity contribution in [1.82, 2.24) is 0 Å². The Bertz CT molecular complexity index is 286. The molecule has 1 aromatic heterocycles. The molecule has 0 radical (unpaired) electrons. The molecule has 0 amide bonds. The van der Waals surface area contributed by atoms with Crippen molar-refractivity contribution in [2.75, 3.05) is 0 Å². The fourth-order valence-electron chi connectivity index (χ4n) is 1.32. The average molecular weight is 196 g/mol. The van der Waals surface area contributed by atoms with Crippen LogP contribution in [0.3, 0.4) is 0 Å². The second-order valence-electron chi connectivity index (χ2n) is 3.65. The maximum absolute atomic E-state index is 11.7. The van der Waals surface area contributed by atoms with E-state index in [-0.39, 0.29) is 0 Å². The van der Waals surface area contributed by atoms with Gasteiger partial charge in [0, 0.05) is 6.42 Å². The van der Waals surface area contributed by atoms with Gasteiger partial charge < -0.3 is 0 Å². The molecule has 1 nitrogen and oxygen atoms in total. The van der Waals surface area contributed by atoms with Crippen LogP contribution in [0.25, 0.3) is 0 Å². The molecular weight excluding hydrogens is 180 g/mol. The third kappa shape index (κ3) is 2.66. The van der Waals surface area contributed by atoms with E-state index in [0.717, 1.165) is 11.3 Å². The summed E-state index contributed by atoms with van der Waals surface area (Å²) in [5.74, 6) is 0.765. The molecule has 0 N–H and O–H groups in total. The van der Waals surface area contributed by atoms with Crippen LogP contribution in [0.1, 0.15) is 42.4 Å².